The summed E-state index contributed by atoms with van der Waals surface area (Å²) >= 11 is 0. The highest BCUT2D eigenvalue weighted by Gasteiger charge is 2.52. The van der Waals surface area contributed by atoms with Gasteiger partial charge in [0.15, 0.2) is 6.29 Å². The van der Waals surface area contributed by atoms with Crippen LogP contribution in [-0.4, -0.2) is 48.3 Å². The highest BCUT2D eigenvalue weighted by molar-refractivity contribution is 5.87. The van der Waals surface area contributed by atoms with E-state index in [-0.39, 0.29) is 13.7 Å². The molecule has 8 heteroatoms. The van der Waals surface area contributed by atoms with Gasteiger partial charge in [-0.05, 0) is 81.0 Å². The zero-order valence-corrected chi connectivity index (χ0v) is 20.6. The minimum atomic E-state index is -0.746. The molecule has 0 atom stereocenters. The second-order valence-electron chi connectivity index (χ2n) is 9.12. The first kappa shape index (κ1) is 28.2. The number of fused-ring (bicyclic) bond motifs is 1. The molecule has 1 heterocycles. The summed E-state index contributed by atoms with van der Waals surface area (Å²) in [6.07, 6.45) is 4.14. The van der Waals surface area contributed by atoms with Gasteiger partial charge in [0.25, 0.3) is 0 Å². The summed E-state index contributed by atoms with van der Waals surface area (Å²) < 4.78 is 21.6. The highest BCUT2D eigenvalue weighted by Crippen LogP contribution is 2.49. The Morgan fingerprint density at radius 3 is 1.92 bits per heavy atom. The summed E-state index contributed by atoms with van der Waals surface area (Å²) in [7, 11) is 0. The van der Waals surface area contributed by atoms with Crippen LogP contribution in [0.1, 0.15) is 58.1 Å². The summed E-state index contributed by atoms with van der Waals surface area (Å²) in [5, 5.41) is 19.4. The lowest BCUT2D eigenvalue weighted by Crippen LogP contribution is -2.25. The third-order valence-electron chi connectivity index (χ3n) is 6.82. The molecule has 0 spiro atoms. The standard InChI is InChI=1S/C16H22O5.C12H10O3.CH4/c1-3-19-14(20-4-2)11-21-13-7-5-12(6-8-13)16(9-10-16)15(17)18;13-11(14)12(4-5-12)9-1-2-10-8(7-9)3-6-15-10;/h5-8,14H,3-4,9-11H2,1-2H3,(H,17,18);1-3,6-7H,4-5H2,(H,13,14);1H4. The minimum absolute atomic E-state index is 0. The predicted octanol–water partition coefficient (Wildman–Crippen LogP) is 5.77. The van der Waals surface area contributed by atoms with Crippen LogP contribution in [0.5, 0.6) is 5.75 Å². The molecule has 37 heavy (non-hydrogen) atoms. The van der Waals surface area contributed by atoms with E-state index in [9.17, 15) is 14.7 Å². The number of furan rings is 1. The molecule has 2 saturated carbocycles. The van der Waals surface area contributed by atoms with E-state index in [4.69, 9.17) is 23.7 Å². The molecular weight excluding hydrogens is 476 g/mol. The fourth-order valence-electron chi connectivity index (χ4n) is 4.32. The van der Waals surface area contributed by atoms with Crippen molar-refractivity contribution < 1.29 is 38.4 Å². The third-order valence-corrected chi connectivity index (χ3v) is 6.82. The van der Waals surface area contributed by atoms with E-state index < -0.39 is 22.8 Å². The zero-order chi connectivity index (χ0) is 25.8. The number of benzene rings is 2. The zero-order valence-electron chi connectivity index (χ0n) is 20.6. The van der Waals surface area contributed by atoms with Crippen molar-refractivity contribution in [2.45, 2.75) is 64.1 Å². The highest BCUT2D eigenvalue weighted by atomic mass is 16.7. The Balaban J connectivity index is 0.000000209. The molecule has 2 fully saturated rings. The van der Waals surface area contributed by atoms with Crippen LogP contribution < -0.4 is 4.74 Å². The Labute approximate surface area is 217 Å². The third kappa shape index (κ3) is 6.14. The van der Waals surface area contributed by atoms with Gasteiger partial charge in [-0.15, -0.1) is 0 Å². The first-order valence-electron chi connectivity index (χ1n) is 12.3. The van der Waals surface area contributed by atoms with Gasteiger partial charge >= 0.3 is 11.9 Å². The van der Waals surface area contributed by atoms with Crippen molar-refractivity contribution >= 4 is 22.9 Å². The van der Waals surface area contributed by atoms with Crippen molar-refractivity contribution in [3.05, 3.63) is 65.9 Å². The van der Waals surface area contributed by atoms with Crippen molar-refractivity contribution in [1.29, 1.82) is 0 Å². The van der Waals surface area contributed by atoms with Crippen LogP contribution >= 0.6 is 0 Å². The van der Waals surface area contributed by atoms with E-state index in [1.165, 1.54) is 0 Å². The van der Waals surface area contributed by atoms with Crippen molar-refractivity contribution in [3.8, 4) is 5.75 Å². The van der Waals surface area contributed by atoms with Crippen LogP contribution in [0.4, 0.5) is 0 Å². The lowest BCUT2D eigenvalue weighted by Gasteiger charge is -2.18. The number of aliphatic carboxylic acids is 2. The van der Waals surface area contributed by atoms with E-state index in [1.54, 1.807) is 18.4 Å². The van der Waals surface area contributed by atoms with E-state index in [0.717, 1.165) is 34.9 Å². The molecule has 0 aliphatic heterocycles. The van der Waals surface area contributed by atoms with Gasteiger partial charge in [0.2, 0.25) is 0 Å². The molecular formula is C29H36O8. The fourth-order valence-corrected chi connectivity index (χ4v) is 4.32. The minimum Gasteiger partial charge on any atom is -0.488 e. The van der Waals surface area contributed by atoms with Crippen molar-refractivity contribution in [1.82, 2.24) is 0 Å². The summed E-state index contributed by atoms with van der Waals surface area (Å²) in [5.41, 5.74) is 1.25. The molecule has 2 aliphatic carbocycles. The van der Waals surface area contributed by atoms with Crippen LogP contribution in [-0.2, 0) is 29.9 Å². The Bertz CT molecular complexity index is 1180. The summed E-state index contributed by atoms with van der Waals surface area (Å²) in [6, 6.07) is 14.7. The molecule has 5 rings (SSSR count). The SMILES string of the molecule is C.CCOC(COc1ccc(C2(C(=O)O)CC2)cc1)OCC.O=C(O)C1(c2ccc3occc3c2)CC1. The molecule has 200 valence electrons. The van der Waals surface area contributed by atoms with Crippen molar-refractivity contribution in [2.24, 2.45) is 0 Å². The maximum absolute atomic E-state index is 11.3. The summed E-state index contributed by atoms with van der Waals surface area (Å²) in [4.78, 5) is 22.4. The van der Waals surface area contributed by atoms with E-state index in [0.29, 0.717) is 38.4 Å². The number of carboxylic acids is 2. The average Bonchev–Trinajstić information content (AvgIpc) is 3.80. The number of hydrogen-bond donors (Lipinski definition) is 2. The first-order chi connectivity index (χ1) is 17.3. The van der Waals surface area contributed by atoms with Gasteiger partial charge in [0, 0.05) is 18.6 Å². The molecule has 3 aromatic rings. The lowest BCUT2D eigenvalue weighted by atomic mass is 9.95. The molecule has 1 aromatic heterocycles. The molecule has 0 saturated heterocycles. The van der Waals surface area contributed by atoms with Crippen LogP contribution in [0, 0.1) is 0 Å². The van der Waals surface area contributed by atoms with Gasteiger partial charge in [0.05, 0.1) is 17.1 Å². The number of ether oxygens (including phenoxy) is 3. The summed E-state index contributed by atoms with van der Waals surface area (Å²) in [5.74, 6) is -0.779. The molecule has 2 aliphatic rings. The average molecular weight is 513 g/mol. The topological polar surface area (TPSA) is 115 Å². The molecule has 0 bridgehead atoms. The Morgan fingerprint density at radius 2 is 1.41 bits per heavy atom. The van der Waals surface area contributed by atoms with Crippen LogP contribution in [0.2, 0.25) is 0 Å². The van der Waals surface area contributed by atoms with Gasteiger partial charge in [-0.2, -0.15) is 0 Å². The van der Waals surface area contributed by atoms with Gasteiger partial charge in [-0.3, -0.25) is 9.59 Å². The fraction of sp³-hybridized carbons (Fsp3) is 0.448. The lowest BCUT2D eigenvalue weighted by molar-refractivity contribution is -0.152. The Morgan fingerprint density at radius 1 is 0.865 bits per heavy atom. The molecule has 0 amide bonds. The largest absolute Gasteiger partial charge is 0.488 e. The van der Waals surface area contributed by atoms with E-state index in [2.05, 4.69) is 0 Å². The molecule has 0 unspecified atom stereocenters. The van der Waals surface area contributed by atoms with Crippen molar-refractivity contribution in [2.75, 3.05) is 19.8 Å². The van der Waals surface area contributed by atoms with Crippen LogP contribution in [0.15, 0.2) is 59.2 Å². The number of rotatable bonds is 11. The second-order valence-corrected chi connectivity index (χ2v) is 9.12. The smallest absolute Gasteiger partial charge is 0.314 e. The summed E-state index contributed by atoms with van der Waals surface area (Å²) in [6.45, 7) is 5.25. The first-order valence-corrected chi connectivity index (χ1v) is 12.3. The molecule has 2 aromatic carbocycles. The van der Waals surface area contributed by atoms with Crippen molar-refractivity contribution in [3.63, 3.8) is 0 Å². The van der Waals surface area contributed by atoms with Gasteiger partial charge in [-0.25, -0.2) is 0 Å². The molecule has 8 nitrogen and oxygen atoms in total. The van der Waals surface area contributed by atoms with Crippen LogP contribution in [0.3, 0.4) is 0 Å². The number of hydrogen-bond acceptors (Lipinski definition) is 6. The van der Waals surface area contributed by atoms with E-state index >= 15 is 0 Å². The van der Waals surface area contributed by atoms with Gasteiger partial charge in [-0.1, -0.05) is 25.6 Å². The monoisotopic (exact) mass is 512 g/mol. The second kappa shape index (κ2) is 11.8. The normalized spacial score (nSPS) is 16.3. The van der Waals surface area contributed by atoms with Gasteiger partial charge < -0.3 is 28.8 Å². The Kier molecular flexibility index (Phi) is 8.99. The maximum atomic E-state index is 11.3. The van der Waals surface area contributed by atoms with Gasteiger partial charge in [0.1, 0.15) is 17.9 Å². The molecule has 0 radical (unpaired) electrons. The Hall–Kier alpha value is -3.36. The predicted molar refractivity (Wildman–Crippen MR) is 139 cm³/mol. The quantitative estimate of drug-likeness (QED) is 0.311. The number of carboxylic acid groups (broad SMARTS) is 2. The van der Waals surface area contributed by atoms with E-state index in [1.807, 2.05) is 50.2 Å². The van der Waals surface area contributed by atoms with Crippen LogP contribution in [0.25, 0.3) is 11.0 Å². The molecule has 2 N–H and O–H groups in total. The number of carbonyl (C=O) groups is 2. The maximum Gasteiger partial charge on any atom is 0.314 e.